The van der Waals surface area contributed by atoms with Crippen molar-refractivity contribution in [2.24, 2.45) is 35.5 Å². The fourth-order valence-electron chi connectivity index (χ4n) is 8.34. The van der Waals surface area contributed by atoms with Gasteiger partial charge in [-0.3, -0.25) is 0 Å². The average Bonchev–Trinajstić information content (AvgIpc) is 2.99. The molecule has 0 aromatic heterocycles. The first-order valence-corrected chi connectivity index (χ1v) is 16.9. The van der Waals surface area contributed by atoms with Crippen LogP contribution in [0.15, 0.2) is 36.4 Å². The van der Waals surface area contributed by atoms with Gasteiger partial charge >= 0.3 is 6.11 Å². The molecule has 232 valence electrons. The monoisotopic (exact) mass is 606 g/mol. The summed E-state index contributed by atoms with van der Waals surface area (Å²) in [5.74, 6) is 1.44. The van der Waals surface area contributed by atoms with Crippen LogP contribution in [0.25, 0.3) is 11.1 Å². The van der Waals surface area contributed by atoms with E-state index in [1.807, 2.05) is 0 Å². The molecule has 0 radical (unpaired) electrons. The van der Waals surface area contributed by atoms with Gasteiger partial charge in [-0.1, -0.05) is 63.1 Å². The Morgan fingerprint density at radius 1 is 0.714 bits per heavy atom. The number of alkyl halides is 2. The summed E-state index contributed by atoms with van der Waals surface area (Å²) < 4.78 is 64.0. The molecule has 1 nitrogen and oxygen atoms in total. The maximum Gasteiger partial charge on any atom is 0.400 e. The molecule has 3 aliphatic rings. The minimum Gasteiger partial charge on any atom is -0.432 e. The molecule has 0 atom stereocenters. The summed E-state index contributed by atoms with van der Waals surface area (Å²) in [7, 11) is 0. The van der Waals surface area contributed by atoms with Crippen molar-refractivity contribution < 1.29 is 22.3 Å². The Morgan fingerprint density at radius 2 is 1.29 bits per heavy atom. The summed E-state index contributed by atoms with van der Waals surface area (Å²) in [5.41, 5.74) is 0.386. The highest BCUT2D eigenvalue weighted by Gasteiger charge is 2.45. The molecular formula is C36H47ClF4O. The van der Waals surface area contributed by atoms with Gasteiger partial charge in [-0.2, -0.15) is 8.78 Å². The third-order valence-corrected chi connectivity index (χ3v) is 11.2. The topological polar surface area (TPSA) is 9.23 Å². The predicted octanol–water partition coefficient (Wildman–Crippen LogP) is 12.3. The van der Waals surface area contributed by atoms with Crippen molar-refractivity contribution in [3.8, 4) is 16.9 Å². The SMILES string of the molecule is CCCCCC1CCC(C2CCC(C3CCC(C(F)(F)Oc4ccc(-c5ccc(Cl)c(F)c5)c(F)c4)CC3)CC2)CC1. The first-order valence-electron chi connectivity index (χ1n) is 16.5. The van der Waals surface area contributed by atoms with E-state index in [1.54, 1.807) is 0 Å². The fraction of sp³-hybridized carbons (Fsp3) is 0.667. The molecule has 0 N–H and O–H groups in total. The Morgan fingerprint density at radius 3 is 1.83 bits per heavy atom. The van der Waals surface area contributed by atoms with Gasteiger partial charge in [-0.15, -0.1) is 0 Å². The molecule has 0 spiro atoms. The number of hydrogen-bond donors (Lipinski definition) is 0. The standard InChI is InChI=1S/C36H47ClF4O/c1-2-3-4-5-24-6-8-25(9-7-24)26-10-12-27(13-11-26)28-14-17-30(18-15-28)36(40,41)42-31-19-20-32(34(38)23-31)29-16-21-33(37)35(39)22-29/h16,19-28,30H,2-15,17-18H2,1H3. The van der Waals surface area contributed by atoms with Gasteiger partial charge in [0.2, 0.25) is 0 Å². The molecule has 3 saturated carbocycles. The van der Waals surface area contributed by atoms with Gasteiger partial charge in [0, 0.05) is 11.6 Å². The Labute approximate surface area is 254 Å². The number of halogens is 5. The Balaban J connectivity index is 1.06. The van der Waals surface area contributed by atoms with Crippen LogP contribution in [-0.2, 0) is 0 Å². The zero-order valence-corrected chi connectivity index (χ0v) is 25.8. The van der Waals surface area contributed by atoms with Crippen LogP contribution in [0, 0.1) is 47.1 Å². The second kappa shape index (κ2) is 14.4. The lowest BCUT2D eigenvalue weighted by molar-refractivity contribution is -0.224. The Hall–Kier alpha value is -1.75. The van der Waals surface area contributed by atoms with Crippen molar-refractivity contribution in [3.05, 3.63) is 53.1 Å². The third kappa shape index (κ3) is 7.85. The highest BCUT2D eigenvalue weighted by molar-refractivity contribution is 6.30. The van der Waals surface area contributed by atoms with Crippen molar-refractivity contribution in [2.45, 2.75) is 116 Å². The third-order valence-electron chi connectivity index (χ3n) is 10.9. The molecule has 0 bridgehead atoms. The van der Waals surface area contributed by atoms with Crippen LogP contribution in [0.3, 0.4) is 0 Å². The van der Waals surface area contributed by atoms with Gasteiger partial charge in [0.1, 0.15) is 17.4 Å². The first kappa shape index (κ1) is 31.7. The predicted molar refractivity (Wildman–Crippen MR) is 163 cm³/mol. The van der Waals surface area contributed by atoms with Crippen LogP contribution >= 0.6 is 11.6 Å². The lowest BCUT2D eigenvalue weighted by Gasteiger charge is -2.42. The number of unbranched alkanes of at least 4 members (excludes halogenated alkanes) is 2. The van der Waals surface area contributed by atoms with E-state index < -0.39 is 23.7 Å². The van der Waals surface area contributed by atoms with Crippen molar-refractivity contribution in [3.63, 3.8) is 0 Å². The van der Waals surface area contributed by atoms with Crippen LogP contribution in [-0.4, -0.2) is 6.11 Å². The minimum atomic E-state index is -3.36. The largest absolute Gasteiger partial charge is 0.432 e. The molecule has 0 aliphatic heterocycles. The van der Waals surface area contributed by atoms with Crippen molar-refractivity contribution in [1.29, 1.82) is 0 Å². The van der Waals surface area contributed by atoms with E-state index in [9.17, 15) is 8.78 Å². The van der Waals surface area contributed by atoms with Gasteiger partial charge in [-0.25, -0.2) is 8.78 Å². The smallest absolute Gasteiger partial charge is 0.400 e. The molecule has 0 saturated heterocycles. The van der Waals surface area contributed by atoms with Crippen molar-refractivity contribution in [1.82, 2.24) is 0 Å². The summed E-state index contributed by atoms with van der Waals surface area (Å²) in [5, 5.41) is -0.0633. The molecule has 6 heteroatoms. The van der Waals surface area contributed by atoms with E-state index in [-0.39, 0.29) is 21.9 Å². The van der Waals surface area contributed by atoms with E-state index >= 15 is 8.78 Å². The van der Waals surface area contributed by atoms with Gasteiger partial charge in [0.05, 0.1) is 10.9 Å². The van der Waals surface area contributed by atoms with Crippen LogP contribution < -0.4 is 4.74 Å². The molecule has 0 heterocycles. The minimum absolute atomic E-state index is 0.0633. The van der Waals surface area contributed by atoms with Crippen LogP contribution in [0.5, 0.6) is 5.75 Å². The van der Waals surface area contributed by atoms with Gasteiger partial charge < -0.3 is 4.74 Å². The van der Waals surface area contributed by atoms with Gasteiger partial charge in [0.15, 0.2) is 0 Å². The summed E-state index contributed by atoms with van der Waals surface area (Å²) in [6.45, 7) is 2.28. The van der Waals surface area contributed by atoms with Crippen LogP contribution in [0.2, 0.25) is 5.02 Å². The van der Waals surface area contributed by atoms with E-state index in [1.165, 1.54) is 101 Å². The number of hydrogen-bond acceptors (Lipinski definition) is 1. The summed E-state index contributed by atoms with van der Waals surface area (Å²) in [4.78, 5) is 0. The molecule has 0 amide bonds. The Bertz CT molecular complexity index is 1150. The lowest BCUT2D eigenvalue weighted by Crippen LogP contribution is -2.38. The van der Waals surface area contributed by atoms with Crippen molar-refractivity contribution >= 4 is 11.6 Å². The van der Waals surface area contributed by atoms with Crippen molar-refractivity contribution in [2.75, 3.05) is 0 Å². The molecule has 2 aromatic carbocycles. The zero-order valence-electron chi connectivity index (χ0n) is 25.0. The maximum absolute atomic E-state index is 15.2. The average molecular weight is 607 g/mol. The molecule has 3 fully saturated rings. The van der Waals surface area contributed by atoms with Gasteiger partial charge in [-0.05, 0) is 124 Å². The zero-order chi connectivity index (χ0) is 29.7. The normalized spacial score (nSPS) is 28.9. The maximum atomic E-state index is 15.2. The highest BCUT2D eigenvalue weighted by atomic mass is 35.5. The summed E-state index contributed by atoms with van der Waals surface area (Å²) in [6.07, 6.45) is 15.5. The van der Waals surface area contributed by atoms with Gasteiger partial charge in [0.25, 0.3) is 0 Å². The van der Waals surface area contributed by atoms with E-state index in [0.29, 0.717) is 24.7 Å². The van der Waals surface area contributed by atoms with E-state index in [0.717, 1.165) is 42.7 Å². The second-order valence-electron chi connectivity index (χ2n) is 13.5. The van der Waals surface area contributed by atoms with E-state index in [4.69, 9.17) is 16.3 Å². The Kier molecular flexibility index (Phi) is 10.8. The number of benzene rings is 2. The molecule has 0 unspecified atom stereocenters. The number of rotatable bonds is 10. The molecular weight excluding hydrogens is 560 g/mol. The molecule has 2 aromatic rings. The second-order valence-corrected chi connectivity index (χ2v) is 13.9. The van der Waals surface area contributed by atoms with Crippen LogP contribution in [0.4, 0.5) is 17.6 Å². The fourth-order valence-corrected chi connectivity index (χ4v) is 8.46. The molecule has 3 aliphatic carbocycles. The summed E-state index contributed by atoms with van der Waals surface area (Å²) >= 11 is 5.71. The quantitative estimate of drug-likeness (QED) is 0.193. The highest BCUT2D eigenvalue weighted by Crippen LogP contribution is 2.48. The molecule has 42 heavy (non-hydrogen) atoms. The molecule has 5 rings (SSSR count). The van der Waals surface area contributed by atoms with E-state index in [2.05, 4.69) is 6.92 Å². The van der Waals surface area contributed by atoms with Crippen LogP contribution in [0.1, 0.15) is 110 Å². The lowest BCUT2D eigenvalue weighted by atomic mass is 9.65. The summed E-state index contributed by atoms with van der Waals surface area (Å²) in [6, 6.07) is 7.58. The number of ether oxygens (including phenoxy) is 1. The first-order chi connectivity index (χ1) is 20.2.